The minimum atomic E-state index is -4.26. The predicted octanol–water partition coefficient (Wildman–Crippen LogP) is 2.08. The molecule has 1 unspecified atom stereocenters. The number of nitrogens with one attached hydrogen (secondary N) is 1. The Labute approximate surface area is 125 Å². The number of hydrogen-bond donors (Lipinski definition) is 2. The molecule has 0 saturated heterocycles. The number of hydrogen-bond acceptors (Lipinski definition) is 4. The highest BCUT2D eigenvalue weighted by atomic mass is 32.2. The molecular weight excluding hydrogens is 324 g/mol. The summed E-state index contributed by atoms with van der Waals surface area (Å²) < 4.78 is 53.5. The molecule has 0 aromatic heterocycles. The monoisotopic (exact) mass is 339 g/mol. The van der Waals surface area contributed by atoms with Crippen molar-refractivity contribution in [2.24, 2.45) is 0 Å². The van der Waals surface area contributed by atoms with E-state index in [0.717, 1.165) is 5.75 Å². The van der Waals surface area contributed by atoms with Gasteiger partial charge in [-0.3, -0.25) is 0 Å². The van der Waals surface area contributed by atoms with Crippen molar-refractivity contribution in [1.29, 1.82) is 0 Å². The van der Waals surface area contributed by atoms with Crippen LogP contribution in [0.3, 0.4) is 0 Å². The summed E-state index contributed by atoms with van der Waals surface area (Å²) in [5, 5.41) is 8.74. The Morgan fingerprint density at radius 3 is 2.57 bits per heavy atom. The van der Waals surface area contributed by atoms with Crippen molar-refractivity contribution in [3.8, 4) is 0 Å². The van der Waals surface area contributed by atoms with Crippen LogP contribution in [0.5, 0.6) is 0 Å². The molecule has 118 valence electrons. The van der Waals surface area contributed by atoms with Crippen molar-refractivity contribution < 1.29 is 27.1 Å². The Hall–Kier alpha value is -1.19. The smallest absolute Gasteiger partial charge is 0.341 e. The number of sulfonamides is 1. The van der Waals surface area contributed by atoms with Crippen LogP contribution in [0, 0.1) is 11.6 Å². The van der Waals surface area contributed by atoms with Gasteiger partial charge in [0.15, 0.2) is 5.82 Å². The number of rotatable bonds is 7. The molecule has 1 atom stereocenters. The third-order valence-electron chi connectivity index (χ3n) is 2.49. The minimum Gasteiger partial charge on any atom is -0.477 e. The highest BCUT2D eigenvalue weighted by Gasteiger charge is 2.27. The summed E-state index contributed by atoms with van der Waals surface area (Å²) in [6, 6.07) is 0.851. The van der Waals surface area contributed by atoms with Gasteiger partial charge in [0, 0.05) is 11.8 Å². The fourth-order valence-electron chi connectivity index (χ4n) is 1.59. The highest BCUT2D eigenvalue weighted by molar-refractivity contribution is 7.99. The molecule has 21 heavy (non-hydrogen) atoms. The number of thioether (sulfide) groups is 1. The lowest BCUT2D eigenvalue weighted by Crippen LogP contribution is -2.35. The first-order valence-corrected chi connectivity index (χ1v) is 8.65. The molecule has 0 aliphatic rings. The fraction of sp³-hybridized carbons (Fsp3) is 0.417. The SMILES string of the molecule is CCSCC(C)NS(=O)(=O)c1ccc(F)c(C(=O)O)c1F. The molecule has 1 aromatic rings. The molecule has 0 amide bonds. The van der Waals surface area contributed by atoms with E-state index in [4.69, 9.17) is 5.11 Å². The maximum Gasteiger partial charge on any atom is 0.341 e. The highest BCUT2D eigenvalue weighted by Crippen LogP contribution is 2.21. The van der Waals surface area contributed by atoms with Gasteiger partial charge < -0.3 is 5.11 Å². The standard InChI is InChI=1S/C12H15F2NO4S2/c1-3-20-6-7(2)15-21(18,19)9-5-4-8(13)10(11(9)14)12(16)17/h4-5,7,15H,3,6H2,1-2H3,(H,16,17). The second-order valence-corrected chi connectivity index (χ2v) is 7.22. The van der Waals surface area contributed by atoms with E-state index in [-0.39, 0.29) is 0 Å². The van der Waals surface area contributed by atoms with Crippen molar-refractivity contribution in [2.45, 2.75) is 24.8 Å². The average Bonchev–Trinajstić information content (AvgIpc) is 2.34. The first-order chi connectivity index (χ1) is 9.70. The van der Waals surface area contributed by atoms with Gasteiger partial charge in [0.1, 0.15) is 16.3 Å². The van der Waals surface area contributed by atoms with E-state index in [1.165, 1.54) is 11.8 Å². The normalized spacial score (nSPS) is 13.1. The Balaban J connectivity index is 3.15. The van der Waals surface area contributed by atoms with Gasteiger partial charge in [0.25, 0.3) is 0 Å². The van der Waals surface area contributed by atoms with E-state index in [1.54, 1.807) is 6.92 Å². The van der Waals surface area contributed by atoms with Crippen LogP contribution in [0.15, 0.2) is 17.0 Å². The molecule has 0 radical (unpaired) electrons. The van der Waals surface area contributed by atoms with Crippen LogP contribution in [0.1, 0.15) is 24.2 Å². The summed E-state index contributed by atoms with van der Waals surface area (Å²) >= 11 is 1.49. The number of halogens is 2. The molecule has 0 aliphatic heterocycles. The molecule has 0 saturated carbocycles. The van der Waals surface area contributed by atoms with E-state index in [9.17, 15) is 22.0 Å². The van der Waals surface area contributed by atoms with Crippen molar-refractivity contribution in [3.05, 3.63) is 29.3 Å². The Morgan fingerprint density at radius 2 is 2.05 bits per heavy atom. The van der Waals surface area contributed by atoms with Crippen LogP contribution in [0.2, 0.25) is 0 Å². The minimum absolute atomic E-state index is 0.474. The summed E-state index contributed by atoms with van der Waals surface area (Å²) in [4.78, 5) is 9.91. The zero-order valence-corrected chi connectivity index (χ0v) is 13.0. The van der Waals surface area contributed by atoms with Gasteiger partial charge >= 0.3 is 5.97 Å². The van der Waals surface area contributed by atoms with Gasteiger partial charge in [-0.15, -0.1) is 0 Å². The first-order valence-electron chi connectivity index (χ1n) is 6.02. The number of carboxylic acids is 1. The average molecular weight is 339 g/mol. The summed E-state index contributed by atoms with van der Waals surface area (Å²) in [5.41, 5.74) is -1.28. The van der Waals surface area contributed by atoms with Crippen molar-refractivity contribution in [3.63, 3.8) is 0 Å². The maximum absolute atomic E-state index is 13.9. The number of benzene rings is 1. The largest absolute Gasteiger partial charge is 0.477 e. The van der Waals surface area contributed by atoms with Crippen LogP contribution in [-0.4, -0.2) is 37.0 Å². The van der Waals surface area contributed by atoms with E-state index < -0.39 is 44.1 Å². The number of aromatic carboxylic acids is 1. The van der Waals surface area contributed by atoms with E-state index in [0.29, 0.717) is 17.9 Å². The van der Waals surface area contributed by atoms with Crippen LogP contribution in [-0.2, 0) is 10.0 Å². The van der Waals surface area contributed by atoms with Crippen LogP contribution in [0.25, 0.3) is 0 Å². The van der Waals surface area contributed by atoms with Gasteiger partial charge in [-0.25, -0.2) is 26.7 Å². The molecule has 1 rings (SSSR count). The van der Waals surface area contributed by atoms with Gasteiger partial charge in [-0.05, 0) is 24.8 Å². The van der Waals surface area contributed by atoms with Crippen LogP contribution in [0.4, 0.5) is 8.78 Å². The molecule has 0 bridgehead atoms. The second-order valence-electron chi connectivity index (χ2n) is 4.22. The summed E-state index contributed by atoms with van der Waals surface area (Å²) in [5.74, 6) is -3.53. The third-order valence-corrected chi connectivity index (χ3v) is 5.24. The summed E-state index contributed by atoms with van der Waals surface area (Å²) in [7, 11) is -4.26. The van der Waals surface area contributed by atoms with Crippen molar-refractivity contribution >= 4 is 27.8 Å². The lowest BCUT2D eigenvalue weighted by Gasteiger charge is -2.14. The van der Waals surface area contributed by atoms with E-state index in [2.05, 4.69) is 4.72 Å². The summed E-state index contributed by atoms with van der Waals surface area (Å²) in [6.07, 6.45) is 0. The quantitative estimate of drug-likeness (QED) is 0.795. The zero-order valence-electron chi connectivity index (χ0n) is 11.4. The van der Waals surface area contributed by atoms with E-state index in [1.807, 2.05) is 6.92 Å². The molecule has 0 aliphatic carbocycles. The lowest BCUT2D eigenvalue weighted by atomic mass is 10.2. The molecule has 1 aromatic carbocycles. The predicted molar refractivity (Wildman–Crippen MR) is 76.1 cm³/mol. The number of carboxylic acid groups (broad SMARTS) is 1. The number of carbonyl (C=O) groups is 1. The van der Waals surface area contributed by atoms with Gasteiger partial charge in [0.05, 0.1) is 0 Å². The second kappa shape index (κ2) is 7.19. The maximum atomic E-state index is 13.9. The Bertz CT molecular complexity index is 634. The zero-order chi connectivity index (χ0) is 16.2. The van der Waals surface area contributed by atoms with Gasteiger partial charge in [-0.1, -0.05) is 6.92 Å². The molecule has 0 spiro atoms. The molecule has 9 heteroatoms. The van der Waals surface area contributed by atoms with Crippen molar-refractivity contribution in [2.75, 3.05) is 11.5 Å². The molecule has 5 nitrogen and oxygen atoms in total. The topological polar surface area (TPSA) is 83.5 Å². The first kappa shape index (κ1) is 17.9. The van der Waals surface area contributed by atoms with Crippen molar-refractivity contribution in [1.82, 2.24) is 4.72 Å². The van der Waals surface area contributed by atoms with Gasteiger partial charge in [-0.2, -0.15) is 11.8 Å². The van der Waals surface area contributed by atoms with Gasteiger partial charge in [0.2, 0.25) is 10.0 Å². The summed E-state index contributed by atoms with van der Waals surface area (Å²) in [6.45, 7) is 3.50. The fourth-order valence-corrected chi connectivity index (χ4v) is 3.70. The molecule has 0 fully saturated rings. The third kappa shape index (κ3) is 4.39. The van der Waals surface area contributed by atoms with Crippen LogP contribution >= 0.6 is 11.8 Å². The molecular formula is C12H15F2NO4S2. The molecule has 0 heterocycles. The Kier molecular flexibility index (Phi) is 6.11. The lowest BCUT2D eigenvalue weighted by molar-refractivity contribution is 0.0685. The Morgan fingerprint density at radius 1 is 1.43 bits per heavy atom. The van der Waals surface area contributed by atoms with E-state index >= 15 is 0 Å². The molecule has 2 N–H and O–H groups in total. The van der Waals surface area contributed by atoms with Crippen LogP contribution < -0.4 is 4.72 Å².